The first kappa shape index (κ1) is 22.0. The van der Waals surface area contributed by atoms with E-state index in [9.17, 15) is 4.39 Å². The largest absolute Gasteiger partial charge is 0.497 e. The summed E-state index contributed by atoms with van der Waals surface area (Å²) in [6.07, 6.45) is 2.76. The van der Waals surface area contributed by atoms with Crippen LogP contribution in [0, 0.1) is 5.82 Å². The Balaban J connectivity index is 0.00000280. The van der Waals surface area contributed by atoms with Gasteiger partial charge in [-0.2, -0.15) is 0 Å². The summed E-state index contributed by atoms with van der Waals surface area (Å²) in [7, 11) is 1.66. The number of halogens is 2. The van der Waals surface area contributed by atoms with Gasteiger partial charge < -0.3 is 20.4 Å². The lowest BCUT2D eigenvalue weighted by molar-refractivity contribution is 0.414. The van der Waals surface area contributed by atoms with Gasteiger partial charge in [-0.05, 0) is 54.8 Å². The van der Waals surface area contributed by atoms with Gasteiger partial charge in [-0.1, -0.05) is 12.1 Å². The molecule has 0 spiro atoms. The van der Waals surface area contributed by atoms with Gasteiger partial charge in [0, 0.05) is 30.2 Å². The zero-order valence-corrected chi connectivity index (χ0v) is 18.4. The Morgan fingerprint density at radius 3 is 2.64 bits per heavy atom. The van der Waals surface area contributed by atoms with Crippen molar-refractivity contribution in [3.05, 3.63) is 65.6 Å². The van der Waals surface area contributed by atoms with Crippen LogP contribution in [-0.4, -0.2) is 31.1 Å². The highest BCUT2D eigenvalue weighted by Crippen LogP contribution is 2.19. The zero-order chi connectivity index (χ0) is 19.1. The molecule has 0 saturated carbocycles. The molecule has 0 radical (unpaired) electrons. The molecule has 3 N–H and O–H groups in total. The molecule has 150 valence electrons. The quantitative estimate of drug-likeness (QED) is 0.261. The van der Waals surface area contributed by atoms with E-state index in [1.807, 2.05) is 43.5 Å². The molecule has 0 atom stereocenters. The molecule has 0 unspecified atom stereocenters. The van der Waals surface area contributed by atoms with Crippen molar-refractivity contribution < 1.29 is 9.13 Å². The van der Waals surface area contributed by atoms with Gasteiger partial charge in [0.2, 0.25) is 0 Å². The lowest BCUT2D eigenvalue weighted by Crippen LogP contribution is -2.38. The normalized spacial score (nSPS) is 11.2. The molecule has 1 heterocycles. The van der Waals surface area contributed by atoms with Gasteiger partial charge in [0.1, 0.15) is 11.6 Å². The molecule has 5 nitrogen and oxygen atoms in total. The first-order valence-electron chi connectivity index (χ1n) is 9.10. The fourth-order valence-corrected chi connectivity index (χ4v) is 2.92. The van der Waals surface area contributed by atoms with Crippen molar-refractivity contribution in [2.24, 2.45) is 4.99 Å². The second-order valence-corrected chi connectivity index (χ2v) is 6.22. The maximum Gasteiger partial charge on any atom is 0.191 e. The first-order valence-corrected chi connectivity index (χ1v) is 9.10. The number of benzene rings is 2. The highest BCUT2D eigenvalue weighted by Gasteiger charge is 2.05. The summed E-state index contributed by atoms with van der Waals surface area (Å²) in [5.41, 5.74) is 3.10. The summed E-state index contributed by atoms with van der Waals surface area (Å²) in [6.45, 7) is 4.16. The van der Waals surface area contributed by atoms with E-state index in [2.05, 4.69) is 20.6 Å². The van der Waals surface area contributed by atoms with E-state index in [0.717, 1.165) is 53.2 Å². The fraction of sp³-hybridized carbons (Fsp3) is 0.286. The highest BCUT2D eigenvalue weighted by atomic mass is 127. The third-order valence-electron chi connectivity index (χ3n) is 4.34. The number of aromatic amines is 1. The van der Waals surface area contributed by atoms with Crippen molar-refractivity contribution in [3.63, 3.8) is 0 Å². The monoisotopic (exact) mass is 496 g/mol. The van der Waals surface area contributed by atoms with Gasteiger partial charge in [-0.25, -0.2) is 9.38 Å². The van der Waals surface area contributed by atoms with Crippen molar-refractivity contribution in [1.29, 1.82) is 0 Å². The third kappa shape index (κ3) is 5.85. The molecule has 3 rings (SSSR count). The summed E-state index contributed by atoms with van der Waals surface area (Å²) >= 11 is 0. The van der Waals surface area contributed by atoms with Crippen molar-refractivity contribution in [2.75, 3.05) is 20.2 Å². The van der Waals surface area contributed by atoms with Crippen molar-refractivity contribution >= 4 is 40.8 Å². The second-order valence-electron chi connectivity index (χ2n) is 6.22. The molecule has 0 aliphatic heterocycles. The number of nitrogens with one attached hydrogen (secondary N) is 3. The van der Waals surface area contributed by atoms with Crippen LogP contribution in [0.1, 0.15) is 18.1 Å². The van der Waals surface area contributed by atoms with Crippen LogP contribution in [0.5, 0.6) is 5.75 Å². The van der Waals surface area contributed by atoms with Crippen LogP contribution in [0.15, 0.2) is 53.7 Å². The molecule has 0 aliphatic rings. The lowest BCUT2D eigenvalue weighted by atomic mass is 10.1. The minimum absolute atomic E-state index is 0. The fourth-order valence-electron chi connectivity index (χ4n) is 2.92. The molecular weight excluding hydrogens is 470 g/mol. The zero-order valence-electron chi connectivity index (χ0n) is 16.1. The van der Waals surface area contributed by atoms with Crippen molar-refractivity contribution in [3.8, 4) is 5.75 Å². The van der Waals surface area contributed by atoms with Crippen LogP contribution in [0.4, 0.5) is 4.39 Å². The molecule has 1 aromatic heterocycles. The number of H-pyrrole nitrogens is 1. The van der Waals surface area contributed by atoms with Crippen molar-refractivity contribution in [2.45, 2.75) is 19.9 Å². The molecule has 0 fully saturated rings. The number of guanidine groups is 1. The number of fused-ring (bicyclic) bond motifs is 1. The number of nitrogens with zero attached hydrogens (tertiary/aromatic N) is 1. The van der Waals surface area contributed by atoms with E-state index < -0.39 is 0 Å². The van der Waals surface area contributed by atoms with Gasteiger partial charge in [0.15, 0.2) is 5.96 Å². The Labute approximate surface area is 181 Å². The Morgan fingerprint density at radius 1 is 1.14 bits per heavy atom. The lowest BCUT2D eigenvalue weighted by Gasteiger charge is -2.11. The number of hydrogen-bond donors (Lipinski definition) is 3. The van der Waals surface area contributed by atoms with Crippen LogP contribution in [-0.2, 0) is 13.0 Å². The van der Waals surface area contributed by atoms with E-state index in [1.165, 1.54) is 12.1 Å². The van der Waals surface area contributed by atoms with Crippen LogP contribution >= 0.6 is 24.0 Å². The summed E-state index contributed by atoms with van der Waals surface area (Å²) in [4.78, 5) is 7.75. The van der Waals surface area contributed by atoms with Gasteiger partial charge in [0.05, 0.1) is 13.7 Å². The van der Waals surface area contributed by atoms with E-state index >= 15 is 0 Å². The minimum atomic E-state index is -0.228. The Kier molecular flexibility index (Phi) is 8.56. The van der Waals surface area contributed by atoms with Gasteiger partial charge >= 0.3 is 0 Å². The first-order chi connectivity index (χ1) is 13.2. The molecule has 7 heteroatoms. The predicted molar refractivity (Wildman–Crippen MR) is 123 cm³/mol. The standard InChI is InChI=1S/C21H25FN4O.HI/c1-3-23-21(26-13-15-4-7-18(27-2)8-5-15)24-11-10-16-14-25-20-12-17(22)6-9-19(16)20;/h4-9,12,14,25H,3,10-11,13H2,1-2H3,(H2,23,24,26);1H. The summed E-state index contributed by atoms with van der Waals surface area (Å²) in [5, 5.41) is 7.67. The van der Waals surface area contributed by atoms with E-state index in [-0.39, 0.29) is 29.8 Å². The maximum atomic E-state index is 13.3. The number of aromatic nitrogens is 1. The molecule has 0 aliphatic carbocycles. The number of rotatable bonds is 7. The maximum absolute atomic E-state index is 13.3. The second kappa shape index (κ2) is 10.9. The summed E-state index contributed by atoms with van der Waals surface area (Å²) in [6, 6.07) is 12.7. The van der Waals surface area contributed by atoms with Gasteiger partial charge in [-0.15, -0.1) is 24.0 Å². The average Bonchev–Trinajstić information content (AvgIpc) is 3.08. The smallest absolute Gasteiger partial charge is 0.191 e. The van der Waals surface area contributed by atoms with Crippen LogP contribution in [0.25, 0.3) is 10.9 Å². The third-order valence-corrected chi connectivity index (χ3v) is 4.34. The van der Waals surface area contributed by atoms with E-state index in [0.29, 0.717) is 6.54 Å². The van der Waals surface area contributed by atoms with E-state index in [1.54, 1.807) is 7.11 Å². The molecule has 0 saturated heterocycles. The topological polar surface area (TPSA) is 61.4 Å². The SMILES string of the molecule is CCNC(=NCc1ccc(OC)cc1)NCCc1c[nH]c2cc(F)ccc12.I. The van der Waals surface area contributed by atoms with E-state index in [4.69, 9.17) is 4.74 Å². The molecule has 0 amide bonds. The molecule has 28 heavy (non-hydrogen) atoms. The number of hydrogen-bond acceptors (Lipinski definition) is 2. The predicted octanol–water partition coefficient (Wildman–Crippen LogP) is 4.23. The van der Waals surface area contributed by atoms with Crippen LogP contribution in [0.2, 0.25) is 0 Å². The molecule has 3 aromatic rings. The molecule has 2 aromatic carbocycles. The summed E-state index contributed by atoms with van der Waals surface area (Å²) < 4.78 is 18.5. The Bertz CT molecular complexity index is 908. The van der Waals surface area contributed by atoms with Gasteiger partial charge in [-0.3, -0.25) is 0 Å². The number of methoxy groups -OCH3 is 1. The molecular formula is C21H26FIN4O. The van der Waals surface area contributed by atoms with Gasteiger partial charge in [0.25, 0.3) is 0 Å². The van der Waals surface area contributed by atoms with Crippen LogP contribution < -0.4 is 15.4 Å². The Morgan fingerprint density at radius 2 is 1.93 bits per heavy atom. The van der Waals surface area contributed by atoms with Crippen molar-refractivity contribution in [1.82, 2.24) is 15.6 Å². The van der Waals surface area contributed by atoms with Crippen LogP contribution in [0.3, 0.4) is 0 Å². The molecule has 0 bridgehead atoms. The highest BCUT2D eigenvalue weighted by molar-refractivity contribution is 14.0. The minimum Gasteiger partial charge on any atom is -0.497 e. The summed E-state index contributed by atoms with van der Waals surface area (Å²) in [5.74, 6) is 1.39. The number of ether oxygens (including phenoxy) is 1. The number of aliphatic imine (C=N–C) groups is 1. The average molecular weight is 496 g/mol. The Hall–Kier alpha value is -2.29.